The number of thioether (sulfide) groups is 1. The van der Waals surface area contributed by atoms with Crippen LogP contribution >= 0.6 is 11.8 Å². The highest BCUT2D eigenvalue weighted by Gasteiger charge is 2.13. The highest BCUT2D eigenvalue weighted by molar-refractivity contribution is 7.98. The molecule has 0 saturated heterocycles. The molecule has 0 aromatic carbocycles. The fraction of sp³-hybridized carbons (Fsp3) is 0.857. The molecule has 2 N–H and O–H groups in total. The Labute approximate surface area is 82.1 Å². The van der Waals surface area contributed by atoms with Crippen LogP contribution in [0.2, 0.25) is 0 Å². The molecule has 0 fully saturated rings. The van der Waals surface area contributed by atoms with Gasteiger partial charge < -0.3 is 5.73 Å². The van der Waals surface area contributed by atoms with Crippen molar-refractivity contribution in [3.63, 3.8) is 0 Å². The molecule has 0 saturated carbocycles. The number of nitrogens with two attached hydrogens (primary N) is 1. The first-order valence-electron chi connectivity index (χ1n) is 4.29. The topological polar surface area (TPSA) is 69.6 Å². The van der Waals surface area contributed by atoms with Crippen molar-refractivity contribution in [3.8, 4) is 0 Å². The number of hydrogen-bond acceptors (Lipinski definition) is 5. The molecule has 6 heteroatoms. The summed E-state index contributed by atoms with van der Waals surface area (Å²) in [7, 11) is 0. The number of hydrogen-bond donors (Lipinski definition) is 1. The molecule has 13 heavy (non-hydrogen) atoms. The summed E-state index contributed by atoms with van der Waals surface area (Å²) in [6.07, 6.45) is 3.11. The average molecular weight is 201 g/mol. The number of rotatable bonds is 5. The molecule has 5 nitrogen and oxygen atoms in total. The lowest BCUT2D eigenvalue weighted by Gasteiger charge is -2.14. The van der Waals surface area contributed by atoms with Crippen LogP contribution in [0.15, 0.2) is 0 Å². The minimum atomic E-state index is 0.364. The summed E-state index contributed by atoms with van der Waals surface area (Å²) in [5.41, 5.74) is 5.51. The molecule has 0 aliphatic heterocycles. The minimum absolute atomic E-state index is 0.364. The van der Waals surface area contributed by atoms with Gasteiger partial charge in [0.1, 0.15) is 0 Å². The summed E-state index contributed by atoms with van der Waals surface area (Å²) in [6, 6.07) is 0.364. The van der Waals surface area contributed by atoms with Gasteiger partial charge in [0, 0.05) is 5.75 Å². The van der Waals surface area contributed by atoms with Crippen LogP contribution in [-0.4, -0.2) is 32.2 Å². The van der Waals surface area contributed by atoms with Crippen molar-refractivity contribution in [3.05, 3.63) is 5.82 Å². The molecular weight excluding hydrogens is 186 g/mol. The lowest BCUT2D eigenvalue weighted by Crippen LogP contribution is -2.17. The third-order valence-corrected chi connectivity index (χ3v) is 2.64. The van der Waals surface area contributed by atoms with Gasteiger partial charge in [-0.3, -0.25) is 0 Å². The van der Waals surface area contributed by atoms with Crippen LogP contribution in [0.4, 0.5) is 0 Å². The zero-order chi connectivity index (χ0) is 9.68. The van der Waals surface area contributed by atoms with Crippen molar-refractivity contribution in [2.75, 3.05) is 12.0 Å². The third kappa shape index (κ3) is 2.41. The molecule has 0 bridgehead atoms. The lowest BCUT2D eigenvalue weighted by molar-refractivity contribution is 0.455. The zero-order valence-electron chi connectivity index (χ0n) is 7.97. The molecule has 0 amide bonds. The standard InChI is InChI=1S/C7H15N5S/c1-3-6(5-13-2)12-7(4-8)9-10-11-12/h6H,3-5,8H2,1-2H3. The van der Waals surface area contributed by atoms with E-state index < -0.39 is 0 Å². The SMILES string of the molecule is CCC(CSC)n1nnnc1CN. The van der Waals surface area contributed by atoms with Gasteiger partial charge in [0.15, 0.2) is 5.82 Å². The molecule has 1 rings (SSSR count). The van der Waals surface area contributed by atoms with Crippen LogP contribution in [0.5, 0.6) is 0 Å². The molecule has 0 aliphatic carbocycles. The summed E-state index contributed by atoms with van der Waals surface area (Å²) < 4.78 is 1.83. The predicted molar refractivity (Wildman–Crippen MR) is 53.4 cm³/mol. The van der Waals surface area contributed by atoms with Crippen molar-refractivity contribution in [2.45, 2.75) is 25.9 Å². The predicted octanol–water partition coefficient (Wildman–Crippen LogP) is 0.446. The van der Waals surface area contributed by atoms with E-state index in [9.17, 15) is 0 Å². The smallest absolute Gasteiger partial charge is 0.165 e. The number of tetrazole rings is 1. The third-order valence-electron chi connectivity index (χ3n) is 1.92. The lowest BCUT2D eigenvalue weighted by atomic mass is 10.2. The summed E-state index contributed by atoms with van der Waals surface area (Å²) in [4.78, 5) is 0. The summed E-state index contributed by atoms with van der Waals surface area (Å²) in [5.74, 6) is 1.79. The van der Waals surface area contributed by atoms with E-state index in [0.717, 1.165) is 18.0 Å². The van der Waals surface area contributed by atoms with Gasteiger partial charge in [-0.1, -0.05) is 6.92 Å². The Morgan fingerprint density at radius 2 is 2.38 bits per heavy atom. The van der Waals surface area contributed by atoms with E-state index in [2.05, 4.69) is 28.7 Å². The molecule has 1 unspecified atom stereocenters. The van der Waals surface area contributed by atoms with Gasteiger partial charge in [-0.2, -0.15) is 11.8 Å². The summed E-state index contributed by atoms with van der Waals surface area (Å²) in [5, 5.41) is 11.4. The Hall–Kier alpha value is -0.620. The summed E-state index contributed by atoms with van der Waals surface area (Å²) >= 11 is 1.79. The fourth-order valence-electron chi connectivity index (χ4n) is 1.18. The average Bonchev–Trinajstić information content (AvgIpc) is 2.61. The van der Waals surface area contributed by atoms with Crippen LogP contribution in [0.1, 0.15) is 25.2 Å². The molecule has 0 spiro atoms. The van der Waals surface area contributed by atoms with Gasteiger partial charge >= 0.3 is 0 Å². The highest BCUT2D eigenvalue weighted by Crippen LogP contribution is 2.15. The number of nitrogens with zero attached hydrogens (tertiary/aromatic N) is 4. The van der Waals surface area contributed by atoms with Crippen molar-refractivity contribution >= 4 is 11.8 Å². The molecular formula is C7H15N5S. The first kappa shape index (κ1) is 10.5. The highest BCUT2D eigenvalue weighted by atomic mass is 32.2. The van der Waals surface area contributed by atoms with E-state index in [-0.39, 0.29) is 0 Å². The summed E-state index contributed by atoms with van der Waals surface area (Å²) in [6.45, 7) is 2.53. The van der Waals surface area contributed by atoms with Crippen molar-refractivity contribution < 1.29 is 0 Å². The van der Waals surface area contributed by atoms with Crippen molar-refractivity contribution in [2.24, 2.45) is 5.73 Å². The van der Waals surface area contributed by atoms with Gasteiger partial charge in [-0.05, 0) is 23.1 Å². The van der Waals surface area contributed by atoms with Gasteiger partial charge in [0.25, 0.3) is 0 Å². The van der Waals surface area contributed by atoms with Crippen molar-refractivity contribution in [1.29, 1.82) is 0 Å². The van der Waals surface area contributed by atoms with Gasteiger partial charge in [0.05, 0.1) is 12.6 Å². The maximum atomic E-state index is 5.51. The zero-order valence-corrected chi connectivity index (χ0v) is 8.79. The van der Waals surface area contributed by atoms with Crippen LogP contribution in [0.25, 0.3) is 0 Å². The van der Waals surface area contributed by atoms with Crippen LogP contribution < -0.4 is 5.73 Å². The quantitative estimate of drug-likeness (QED) is 0.749. The van der Waals surface area contributed by atoms with Crippen molar-refractivity contribution in [1.82, 2.24) is 20.2 Å². The van der Waals surface area contributed by atoms with Crippen LogP contribution in [0.3, 0.4) is 0 Å². The van der Waals surface area contributed by atoms with Gasteiger partial charge in [-0.25, -0.2) is 4.68 Å². The Morgan fingerprint density at radius 1 is 1.62 bits per heavy atom. The Morgan fingerprint density at radius 3 is 2.92 bits per heavy atom. The molecule has 1 aromatic heterocycles. The van der Waals surface area contributed by atoms with E-state index in [1.165, 1.54) is 0 Å². The van der Waals surface area contributed by atoms with E-state index in [0.29, 0.717) is 12.6 Å². The number of aromatic nitrogens is 4. The first-order chi connectivity index (χ1) is 6.33. The molecule has 1 heterocycles. The van der Waals surface area contributed by atoms with E-state index in [1.54, 1.807) is 11.8 Å². The van der Waals surface area contributed by atoms with Crippen LogP contribution in [-0.2, 0) is 6.54 Å². The van der Waals surface area contributed by atoms with E-state index >= 15 is 0 Å². The molecule has 0 radical (unpaired) electrons. The second-order valence-corrected chi connectivity index (χ2v) is 3.67. The van der Waals surface area contributed by atoms with E-state index in [1.807, 2.05) is 4.68 Å². The first-order valence-corrected chi connectivity index (χ1v) is 5.68. The maximum absolute atomic E-state index is 5.51. The normalized spacial score (nSPS) is 13.2. The molecule has 0 aliphatic rings. The monoisotopic (exact) mass is 201 g/mol. The fourth-order valence-corrected chi connectivity index (χ4v) is 1.95. The Kier molecular flexibility index (Phi) is 4.17. The largest absolute Gasteiger partial charge is 0.324 e. The molecule has 1 aromatic rings. The Balaban J connectivity index is 2.77. The molecule has 1 atom stereocenters. The maximum Gasteiger partial charge on any atom is 0.165 e. The van der Waals surface area contributed by atoms with Crippen LogP contribution in [0, 0.1) is 0 Å². The van der Waals surface area contributed by atoms with Gasteiger partial charge in [0.2, 0.25) is 0 Å². The van der Waals surface area contributed by atoms with E-state index in [4.69, 9.17) is 5.73 Å². The minimum Gasteiger partial charge on any atom is -0.324 e. The molecule has 74 valence electrons. The van der Waals surface area contributed by atoms with Gasteiger partial charge in [-0.15, -0.1) is 5.10 Å². The Bertz CT molecular complexity index is 249. The second kappa shape index (κ2) is 5.18. The second-order valence-electron chi connectivity index (χ2n) is 2.76.